The number of ether oxygens (including phenoxy) is 1. The number of nitrogens with one attached hydrogen (secondary N) is 1. The normalized spacial score (nSPS) is 11.9. The molecule has 0 bridgehead atoms. The topological polar surface area (TPSA) is 34.1 Å². The lowest BCUT2D eigenvalue weighted by molar-refractivity contribution is 0.182. The minimum absolute atomic E-state index is 0.140. The van der Waals surface area contributed by atoms with Crippen molar-refractivity contribution in [2.75, 3.05) is 19.0 Å². The second kappa shape index (κ2) is 6.44. The van der Waals surface area contributed by atoms with Gasteiger partial charge in [-0.15, -0.1) is 0 Å². The zero-order valence-electron chi connectivity index (χ0n) is 13.8. The molecule has 1 aromatic carbocycles. The van der Waals surface area contributed by atoms with Gasteiger partial charge in [-0.2, -0.15) is 0 Å². The Kier molecular flexibility index (Phi) is 4.84. The molecule has 0 saturated heterocycles. The molecular weight excluding hydrogens is 260 g/mol. The molecule has 2 aromatic rings. The zero-order chi connectivity index (χ0) is 15.5. The Hall–Kier alpha value is -1.61. The van der Waals surface area contributed by atoms with E-state index in [1.165, 1.54) is 10.9 Å². The molecule has 0 radical (unpaired) electrons. The monoisotopic (exact) mass is 286 g/mol. The number of hydrogen-bond acceptors (Lipinski definition) is 3. The first-order chi connectivity index (χ1) is 9.95. The van der Waals surface area contributed by atoms with Gasteiger partial charge in [-0.1, -0.05) is 33.8 Å². The molecule has 2 rings (SSSR count). The largest absolute Gasteiger partial charge is 0.384 e. The first-order valence-corrected chi connectivity index (χ1v) is 7.62. The number of methoxy groups -OCH3 is 1. The molecular formula is C18H26N2O. The van der Waals surface area contributed by atoms with Crippen molar-refractivity contribution in [2.24, 2.45) is 0 Å². The summed E-state index contributed by atoms with van der Waals surface area (Å²) >= 11 is 0. The van der Waals surface area contributed by atoms with E-state index in [0.29, 0.717) is 6.61 Å². The average Bonchev–Trinajstić information content (AvgIpc) is 2.43. The van der Waals surface area contributed by atoms with Gasteiger partial charge in [0.1, 0.15) is 0 Å². The Morgan fingerprint density at radius 1 is 1.19 bits per heavy atom. The zero-order valence-corrected chi connectivity index (χ0v) is 13.8. The van der Waals surface area contributed by atoms with Crippen LogP contribution in [0.3, 0.4) is 0 Å². The predicted molar refractivity (Wildman–Crippen MR) is 89.9 cm³/mol. The summed E-state index contributed by atoms with van der Waals surface area (Å²) in [4.78, 5) is 4.69. The van der Waals surface area contributed by atoms with E-state index in [1.807, 2.05) is 0 Å². The van der Waals surface area contributed by atoms with Gasteiger partial charge < -0.3 is 10.1 Å². The summed E-state index contributed by atoms with van der Waals surface area (Å²) in [5.41, 5.74) is 4.61. The van der Waals surface area contributed by atoms with Crippen molar-refractivity contribution in [1.82, 2.24) is 4.98 Å². The van der Waals surface area contributed by atoms with Gasteiger partial charge in [0.05, 0.1) is 17.8 Å². The van der Waals surface area contributed by atoms with Crippen molar-refractivity contribution < 1.29 is 4.74 Å². The van der Waals surface area contributed by atoms with Crippen molar-refractivity contribution in [2.45, 2.75) is 46.1 Å². The van der Waals surface area contributed by atoms with Crippen LogP contribution in [0.25, 0.3) is 10.9 Å². The van der Waals surface area contributed by atoms with E-state index >= 15 is 0 Å². The number of aromatic nitrogens is 1. The van der Waals surface area contributed by atoms with E-state index in [4.69, 9.17) is 9.72 Å². The minimum atomic E-state index is 0.140. The molecule has 3 heteroatoms. The third kappa shape index (κ3) is 3.73. The molecule has 0 amide bonds. The molecule has 3 nitrogen and oxygen atoms in total. The molecule has 0 atom stereocenters. The van der Waals surface area contributed by atoms with E-state index in [-0.39, 0.29) is 5.41 Å². The van der Waals surface area contributed by atoms with Crippen molar-refractivity contribution in [3.8, 4) is 0 Å². The predicted octanol–water partition coefficient (Wildman–Crippen LogP) is 4.50. The second-order valence-corrected chi connectivity index (χ2v) is 6.50. The number of hydrogen-bond donors (Lipinski definition) is 1. The number of benzene rings is 1. The Morgan fingerprint density at radius 2 is 1.95 bits per heavy atom. The maximum absolute atomic E-state index is 5.22. The molecule has 21 heavy (non-hydrogen) atoms. The van der Waals surface area contributed by atoms with Crippen molar-refractivity contribution >= 4 is 16.6 Å². The van der Waals surface area contributed by atoms with Gasteiger partial charge in [-0.25, -0.2) is 0 Å². The first kappa shape index (κ1) is 15.8. The summed E-state index contributed by atoms with van der Waals surface area (Å²) in [6, 6.07) is 8.66. The van der Waals surface area contributed by atoms with Crippen LogP contribution in [-0.4, -0.2) is 18.6 Å². The molecule has 0 aliphatic carbocycles. The quantitative estimate of drug-likeness (QED) is 0.878. The molecule has 1 heterocycles. The van der Waals surface area contributed by atoms with Crippen LogP contribution in [0.2, 0.25) is 0 Å². The van der Waals surface area contributed by atoms with Gasteiger partial charge in [0.25, 0.3) is 0 Å². The van der Waals surface area contributed by atoms with Crippen LogP contribution >= 0.6 is 0 Å². The molecule has 0 saturated carbocycles. The van der Waals surface area contributed by atoms with Crippen molar-refractivity contribution in [3.63, 3.8) is 0 Å². The number of pyridine rings is 1. The molecule has 1 N–H and O–H groups in total. The van der Waals surface area contributed by atoms with Crippen LogP contribution in [0.5, 0.6) is 0 Å². The number of nitrogens with zero attached hydrogens (tertiary/aromatic N) is 1. The summed E-state index contributed by atoms with van der Waals surface area (Å²) in [5, 5.41) is 4.71. The Bertz CT molecular complexity index is 614. The summed E-state index contributed by atoms with van der Waals surface area (Å²) in [5.74, 6) is 0. The molecule has 0 unspecified atom stereocenters. The molecule has 1 aromatic heterocycles. The third-order valence-corrected chi connectivity index (χ3v) is 3.59. The SMILES string of the molecule is CCCNc1cc(COC)nc2ccc(C(C)(C)C)cc12. The van der Waals surface area contributed by atoms with Crippen LogP contribution in [-0.2, 0) is 16.8 Å². The van der Waals surface area contributed by atoms with Gasteiger partial charge >= 0.3 is 0 Å². The number of fused-ring (bicyclic) bond motifs is 1. The third-order valence-electron chi connectivity index (χ3n) is 3.59. The highest BCUT2D eigenvalue weighted by atomic mass is 16.5. The maximum Gasteiger partial charge on any atom is 0.0885 e. The summed E-state index contributed by atoms with van der Waals surface area (Å²) < 4.78 is 5.22. The van der Waals surface area contributed by atoms with Crippen molar-refractivity contribution in [1.29, 1.82) is 0 Å². The molecule has 0 spiro atoms. The fourth-order valence-electron chi connectivity index (χ4n) is 2.37. The number of anilines is 1. The Morgan fingerprint density at radius 3 is 2.57 bits per heavy atom. The highest BCUT2D eigenvalue weighted by Gasteiger charge is 2.15. The highest BCUT2D eigenvalue weighted by Crippen LogP contribution is 2.30. The van der Waals surface area contributed by atoms with E-state index in [1.54, 1.807) is 7.11 Å². The first-order valence-electron chi connectivity index (χ1n) is 7.62. The number of rotatable bonds is 5. The van der Waals surface area contributed by atoms with E-state index < -0.39 is 0 Å². The molecule has 114 valence electrons. The fourth-order valence-corrected chi connectivity index (χ4v) is 2.37. The fraction of sp³-hybridized carbons (Fsp3) is 0.500. The summed E-state index contributed by atoms with van der Waals surface area (Å²) in [6.45, 7) is 10.4. The lowest BCUT2D eigenvalue weighted by Gasteiger charge is -2.20. The molecule has 0 aliphatic rings. The van der Waals surface area contributed by atoms with E-state index in [9.17, 15) is 0 Å². The van der Waals surface area contributed by atoms with Crippen LogP contribution in [0.4, 0.5) is 5.69 Å². The standard InChI is InChI=1S/C18H26N2O/c1-6-9-19-17-11-14(12-21-5)20-16-8-7-13(10-15(16)17)18(2,3)4/h7-8,10-11H,6,9,12H2,1-5H3,(H,19,20). The van der Waals surface area contributed by atoms with Gasteiger partial charge in [0.15, 0.2) is 0 Å². The Balaban J connectivity index is 2.55. The Labute approximate surface area is 127 Å². The average molecular weight is 286 g/mol. The van der Waals surface area contributed by atoms with Gasteiger partial charge in [-0.05, 0) is 35.6 Å². The van der Waals surface area contributed by atoms with Gasteiger partial charge in [0, 0.05) is 24.7 Å². The van der Waals surface area contributed by atoms with Crippen LogP contribution in [0, 0.1) is 0 Å². The lowest BCUT2D eigenvalue weighted by Crippen LogP contribution is -2.11. The van der Waals surface area contributed by atoms with Crippen LogP contribution in [0.1, 0.15) is 45.4 Å². The molecule has 0 fully saturated rings. The highest BCUT2D eigenvalue weighted by molar-refractivity contribution is 5.92. The van der Waals surface area contributed by atoms with Gasteiger partial charge in [0.2, 0.25) is 0 Å². The smallest absolute Gasteiger partial charge is 0.0885 e. The van der Waals surface area contributed by atoms with E-state index in [2.05, 4.69) is 57.3 Å². The minimum Gasteiger partial charge on any atom is -0.384 e. The summed E-state index contributed by atoms with van der Waals surface area (Å²) in [7, 11) is 1.70. The van der Waals surface area contributed by atoms with Crippen LogP contribution < -0.4 is 5.32 Å². The summed E-state index contributed by atoms with van der Waals surface area (Å²) in [6.07, 6.45) is 1.10. The molecule has 0 aliphatic heterocycles. The van der Waals surface area contributed by atoms with E-state index in [0.717, 1.165) is 29.9 Å². The lowest BCUT2D eigenvalue weighted by atomic mass is 9.86. The van der Waals surface area contributed by atoms with Gasteiger partial charge in [-0.3, -0.25) is 4.98 Å². The van der Waals surface area contributed by atoms with Crippen LogP contribution in [0.15, 0.2) is 24.3 Å². The van der Waals surface area contributed by atoms with Crippen molar-refractivity contribution in [3.05, 3.63) is 35.5 Å². The maximum atomic E-state index is 5.22. The second-order valence-electron chi connectivity index (χ2n) is 6.50.